The van der Waals surface area contributed by atoms with Gasteiger partial charge < -0.3 is 20.4 Å². The van der Waals surface area contributed by atoms with Gasteiger partial charge in [0.15, 0.2) is 0 Å². The zero-order chi connectivity index (χ0) is 18.9. The van der Waals surface area contributed by atoms with Crippen molar-refractivity contribution in [1.29, 1.82) is 0 Å². The van der Waals surface area contributed by atoms with Gasteiger partial charge in [-0.25, -0.2) is 0 Å². The van der Waals surface area contributed by atoms with Crippen molar-refractivity contribution >= 4 is 11.6 Å². The normalized spacial score (nSPS) is 11.4. The summed E-state index contributed by atoms with van der Waals surface area (Å²) < 4.78 is 0. The summed E-state index contributed by atoms with van der Waals surface area (Å²) in [6.45, 7) is 13.0. The Morgan fingerprint density at radius 1 is 0.652 bits per heavy atom. The Hall–Kier alpha value is -0.106. The molecule has 0 aliphatic heterocycles. The zero-order valence-electron chi connectivity index (χ0n) is 15.8. The predicted molar refractivity (Wildman–Crippen MR) is 88.7 cm³/mol. The fraction of sp³-hybridized carbons (Fsp3) is 0.875. The molecule has 0 bridgehead atoms. The number of ketones is 2. The van der Waals surface area contributed by atoms with Crippen LogP contribution < -0.4 is 0 Å². The van der Waals surface area contributed by atoms with Crippen LogP contribution in [0.25, 0.3) is 0 Å². The number of Topliss-reactive ketones (excluding diaryl/α,β-unsaturated/α-hetero) is 2. The van der Waals surface area contributed by atoms with Gasteiger partial charge in [0.25, 0.3) is 0 Å². The summed E-state index contributed by atoms with van der Waals surface area (Å²) in [6.07, 6.45) is -0.727. The van der Waals surface area contributed by atoms with Crippen molar-refractivity contribution in [2.24, 2.45) is 0 Å². The molecule has 2 atom stereocenters. The van der Waals surface area contributed by atoms with E-state index in [1.165, 1.54) is 13.8 Å². The molecular formula is C16H36O6Ti. The number of rotatable bonds is 4. The van der Waals surface area contributed by atoms with E-state index in [1.54, 1.807) is 41.5 Å². The predicted octanol–water partition coefficient (Wildman–Crippen LogP) is 1.46. The minimum atomic E-state index is -0.475. The van der Waals surface area contributed by atoms with Crippen LogP contribution in [0.1, 0.15) is 68.2 Å². The van der Waals surface area contributed by atoms with Crippen molar-refractivity contribution in [2.45, 2.75) is 92.6 Å². The second kappa shape index (κ2) is 24.2. The molecule has 0 aromatic heterocycles. The molecule has 2 unspecified atom stereocenters. The number of hydrogen-bond acceptors (Lipinski definition) is 6. The third kappa shape index (κ3) is 139. The number of aliphatic hydroxyl groups excluding tert-OH is 4. The molecule has 0 aliphatic rings. The van der Waals surface area contributed by atoms with Crippen LogP contribution in [0.3, 0.4) is 0 Å². The summed E-state index contributed by atoms with van der Waals surface area (Å²) in [7, 11) is 0. The fourth-order valence-electron chi connectivity index (χ4n) is 0.832. The van der Waals surface area contributed by atoms with Gasteiger partial charge in [0.2, 0.25) is 0 Å². The monoisotopic (exact) mass is 372 g/mol. The second-order valence-electron chi connectivity index (χ2n) is 5.70. The minimum absolute atomic E-state index is 0. The average molecular weight is 372 g/mol. The van der Waals surface area contributed by atoms with E-state index in [0.717, 1.165) is 0 Å². The maximum Gasteiger partial charge on any atom is 0.132 e. The fourth-order valence-corrected chi connectivity index (χ4v) is 0.832. The van der Waals surface area contributed by atoms with Crippen LogP contribution in [-0.4, -0.2) is 56.4 Å². The average Bonchev–Trinajstić information content (AvgIpc) is 2.10. The summed E-state index contributed by atoms with van der Waals surface area (Å²) in [6, 6.07) is 0. The Balaban J connectivity index is -0.0000000639. The van der Waals surface area contributed by atoms with Crippen molar-refractivity contribution in [3.63, 3.8) is 0 Å². The minimum Gasteiger partial charge on any atom is -0.394 e. The molecule has 0 saturated heterocycles. The quantitative estimate of drug-likeness (QED) is 0.556. The van der Waals surface area contributed by atoms with Gasteiger partial charge in [-0.2, -0.15) is 0 Å². The van der Waals surface area contributed by atoms with Gasteiger partial charge in [-0.15, -0.1) is 0 Å². The first kappa shape index (κ1) is 34.3. The molecule has 0 aromatic carbocycles. The van der Waals surface area contributed by atoms with Gasteiger partial charge in [0, 0.05) is 46.8 Å². The molecule has 0 fully saturated rings. The third-order valence-electron chi connectivity index (χ3n) is 1.17. The molecule has 0 aromatic rings. The van der Waals surface area contributed by atoms with Gasteiger partial charge in [-0.1, -0.05) is 0 Å². The molecular weight excluding hydrogens is 336 g/mol. The molecule has 0 spiro atoms. The van der Waals surface area contributed by atoms with Crippen molar-refractivity contribution in [1.82, 2.24) is 0 Å². The maximum atomic E-state index is 10.1. The first-order valence-electron chi connectivity index (χ1n) is 7.43. The second-order valence-corrected chi connectivity index (χ2v) is 5.70. The van der Waals surface area contributed by atoms with Crippen LogP contribution in [0, 0.1) is 0 Å². The van der Waals surface area contributed by atoms with Gasteiger partial charge in [-0.05, 0) is 55.4 Å². The molecule has 0 heterocycles. The van der Waals surface area contributed by atoms with E-state index in [1.807, 2.05) is 0 Å². The molecule has 7 heteroatoms. The molecule has 6 nitrogen and oxygen atoms in total. The third-order valence-corrected chi connectivity index (χ3v) is 1.17. The van der Waals surface area contributed by atoms with Crippen molar-refractivity contribution in [3.05, 3.63) is 0 Å². The summed E-state index contributed by atoms with van der Waals surface area (Å²) in [5.41, 5.74) is 0. The van der Waals surface area contributed by atoms with E-state index in [0.29, 0.717) is 0 Å². The summed E-state index contributed by atoms with van der Waals surface area (Å²) in [4.78, 5) is 20.2. The van der Waals surface area contributed by atoms with Gasteiger partial charge in [0.05, 0.1) is 12.2 Å². The standard InChI is InChI=1S/2C5H10O2.2C3H8O.Ti/c2*1-4(6)3-5(2)7;2*1-3(2)4;/h2*4,6H,3H2,1-2H3;2*3-4H,1-2H3;. The zero-order valence-corrected chi connectivity index (χ0v) is 17.4. The van der Waals surface area contributed by atoms with Gasteiger partial charge in [-0.3, -0.25) is 9.59 Å². The first-order chi connectivity index (χ1) is 9.72. The molecule has 0 aliphatic carbocycles. The van der Waals surface area contributed by atoms with E-state index in [9.17, 15) is 9.59 Å². The molecule has 0 radical (unpaired) electrons. The van der Waals surface area contributed by atoms with Crippen LogP contribution >= 0.6 is 0 Å². The molecule has 23 heavy (non-hydrogen) atoms. The van der Waals surface area contributed by atoms with Crippen LogP contribution in [0.4, 0.5) is 0 Å². The molecule has 0 amide bonds. The summed E-state index contributed by atoms with van der Waals surface area (Å²) >= 11 is 0. The Labute approximate surface area is 156 Å². The van der Waals surface area contributed by atoms with E-state index in [-0.39, 0.29) is 58.3 Å². The van der Waals surface area contributed by atoms with Gasteiger partial charge in [0.1, 0.15) is 11.6 Å². The SMILES string of the molecule is CC(=O)CC(C)O.CC(=O)CC(C)O.CC(C)O.CC(C)O.[Ti]. The van der Waals surface area contributed by atoms with Gasteiger partial charge >= 0.3 is 0 Å². The number of carbonyl (C=O) groups excluding carboxylic acids is 2. The van der Waals surface area contributed by atoms with Crippen molar-refractivity contribution < 1.29 is 51.7 Å². The molecule has 140 valence electrons. The summed E-state index contributed by atoms with van der Waals surface area (Å²) in [5, 5.41) is 33.1. The van der Waals surface area contributed by atoms with Crippen LogP contribution in [0.15, 0.2) is 0 Å². The van der Waals surface area contributed by atoms with E-state index in [4.69, 9.17) is 20.4 Å². The molecule has 0 saturated carbocycles. The topological polar surface area (TPSA) is 115 Å². The van der Waals surface area contributed by atoms with Crippen molar-refractivity contribution in [2.75, 3.05) is 0 Å². The van der Waals surface area contributed by atoms with E-state index in [2.05, 4.69) is 0 Å². The first-order valence-corrected chi connectivity index (χ1v) is 7.43. The number of hydrogen-bond donors (Lipinski definition) is 4. The summed E-state index contributed by atoms with van der Waals surface area (Å²) in [5.74, 6) is 0.0741. The largest absolute Gasteiger partial charge is 0.394 e. The number of aliphatic hydroxyl groups is 4. The van der Waals surface area contributed by atoms with Crippen LogP contribution in [0.2, 0.25) is 0 Å². The Bertz CT molecular complexity index is 221. The number of carbonyl (C=O) groups is 2. The Morgan fingerprint density at radius 3 is 0.783 bits per heavy atom. The van der Waals surface area contributed by atoms with Crippen LogP contribution in [-0.2, 0) is 31.3 Å². The van der Waals surface area contributed by atoms with Crippen molar-refractivity contribution in [3.8, 4) is 0 Å². The Morgan fingerprint density at radius 2 is 0.783 bits per heavy atom. The molecule has 0 rings (SSSR count). The van der Waals surface area contributed by atoms with E-state index < -0.39 is 12.2 Å². The Kier molecular flexibility index (Phi) is 36.0. The molecule has 4 N–H and O–H groups in total. The van der Waals surface area contributed by atoms with E-state index >= 15 is 0 Å². The van der Waals surface area contributed by atoms with Crippen LogP contribution in [0.5, 0.6) is 0 Å². The maximum absolute atomic E-state index is 10.1. The smallest absolute Gasteiger partial charge is 0.132 e.